The van der Waals surface area contributed by atoms with Crippen LogP contribution < -0.4 is 4.90 Å². The molecule has 2 aromatic rings. The highest BCUT2D eigenvalue weighted by Gasteiger charge is 2.24. The van der Waals surface area contributed by atoms with Crippen molar-refractivity contribution in [1.29, 1.82) is 0 Å². The molecule has 2 saturated heterocycles. The molecule has 1 aromatic carbocycles. The van der Waals surface area contributed by atoms with Crippen LogP contribution in [0.3, 0.4) is 0 Å². The minimum atomic E-state index is 0.0238. The van der Waals surface area contributed by atoms with Crippen LogP contribution >= 0.6 is 0 Å². The maximum atomic E-state index is 12.8. The minimum absolute atomic E-state index is 0.0238. The van der Waals surface area contributed by atoms with Gasteiger partial charge in [0.1, 0.15) is 5.69 Å². The van der Waals surface area contributed by atoms with Crippen molar-refractivity contribution in [3.05, 3.63) is 53.9 Å². The maximum absolute atomic E-state index is 12.8. The highest BCUT2D eigenvalue weighted by molar-refractivity contribution is 5.92. The van der Waals surface area contributed by atoms with Crippen LogP contribution in [0.25, 0.3) is 0 Å². The predicted molar refractivity (Wildman–Crippen MR) is 111 cm³/mol. The van der Waals surface area contributed by atoms with E-state index in [9.17, 15) is 4.79 Å². The predicted octanol–water partition coefficient (Wildman–Crippen LogP) is 2.32. The molecule has 148 valence electrons. The first-order chi connectivity index (χ1) is 13.7. The summed E-state index contributed by atoms with van der Waals surface area (Å²) in [7, 11) is 2.09. The number of hydrogen-bond acceptors (Lipinski definition) is 5. The summed E-state index contributed by atoms with van der Waals surface area (Å²) in [6.45, 7) is 5.25. The van der Waals surface area contributed by atoms with E-state index in [-0.39, 0.29) is 5.91 Å². The van der Waals surface area contributed by atoms with Gasteiger partial charge in [-0.15, -0.1) is 0 Å². The summed E-state index contributed by atoms with van der Waals surface area (Å²) in [5.74, 6) is 1.42. The van der Waals surface area contributed by atoms with Crippen LogP contribution in [0.4, 0.5) is 5.95 Å². The van der Waals surface area contributed by atoms with Gasteiger partial charge in [-0.3, -0.25) is 4.79 Å². The van der Waals surface area contributed by atoms with Gasteiger partial charge in [0.05, 0.1) is 0 Å². The first kappa shape index (κ1) is 18.9. The standard InChI is InChI=1S/C22H29N5O/c1-25-13-15-26(16-14-25)21(28)20-7-10-23-22(24-20)27-11-8-19(9-12-27)17-18-5-3-2-4-6-18/h2-7,10,19H,8-9,11-17H2,1H3. The van der Waals surface area contributed by atoms with Crippen molar-refractivity contribution in [2.45, 2.75) is 19.3 Å². The summed E-state index contributed by atoms with van der Waals surface area (Å²) in [4.78, 5) is 28.2. The van der Waals surface area contributed by atoms with Crippen molar-refractivity contribution in [3.63, 3.8) is 0 Å². The van der Waals surface area contributed by atoms with E-state index in [1.54, 1.807) is 12.3 Å². The van der Waals surface area contributed by atoms with Gasteiger partial charge in [0.25, 0.3) is 5.91 Å². The number of benzene rings is 1. The number of likely N-dealkylation sites (N-methyl/N-ethyl adjacent to an activating group) is 1. The molecule has 2 aliphatic heterocycles. The van der Waals surface area contributed by atoms with Crippen molar-refractivity contribution in [2.75, 3.05) is 51.2 Å². The van der Waals surface area contributed by atoms with E-state index >= 15 is 0 Å². The summed E-state index contributed by atoms with van der Waals surface area (Å²) in [6.07, 6.45) is 5.13. The van der Waals surface area contributed by atoms with Gasteiger partial charge >= 0.3 is 0 Å². The normalized spacial score (nSPS) is 19.0. The lowest BCUT2D eigenvalue weighted by Crippen LogP contribution is -2.47. The van der Waals surface area contributed by atoms with Crippen LogP contribution in [-0.2, 0) is 6.42 Å². The second-order valence-electron chi connectivity index (χ2n) is 7.96. The number of carbonyl (C=O) groups is 1. The van der Waals surface area contributed by atoms with E-state index in [4.69, 9.17) is 0 Å². The molecule has 0 saturated carbocycles. The summed E-state index contributed by atoms with van der Waals surface area (Å²) in [5, 5.41) is 0. The van der Waals surface area contributed by atoms with E-state index in [0.29, 0.717) is 17.6 Å². The summed E-state index contributed by atoms with van der Waals surface area (Å²) >= 11 is 0. The molecular formula is C22H29N5O. The molecule has 3 heterocycles. The van der Waals surface area contributed by atoms with Crippen molar-refractivity contribution < 1.29 is 4.79 Å². The maximum Gasteiger partial charge on any atom is 0.272 e. The average Bonchev–Trinajstić information content (AvgIpc) is 2.75. The number of anilines is 1. The minimum Gasteiger partial charge on any atom is -0.341 e. The Morgan fingerprint density at radius 1 is 1.00 bits per heavy atom. The molecule has 0 unspecified atom stereocenters. The van der Waals surface area contributed by atoms with E-state index in [1.165, 1.54) is 5.56 Å². The molecule has 4 rings (SSSR count). The van der Waals surface area contributed by atoms with Gasteiger partial charge in [0.2, 0.25) is 5.95 Å². The molecule has 28 heavy (non-hydrogen) atoms. The molecule has 2 fully saturated rings. The quantitative estimate of drug-likeness (QED) is 0.816. The molecular weight excluding hydrogens is 350 g/mol. The number of rotatable bonds is 4. The van der Waals surface area contributed by atoms with Gasteiger partial charge in [-0.05, 0) is 43.9 Å². The number of nitrogens with zero attached hydrogens (tertiary/aromatic N) is 5. The summed E-state index contributed by atoms with van der Waals surface area (Å²) < 4.78 is 0. The molecule has 6 heteroatoms. The SMILES string of the molecule is CN1CCN(C(=O)c2ccnc(N3CCC(Cc4ccccc4)CC3)n2)CC1. The number of aromatic nitrogens is 2. The third-order valence-electron chi connectivity index (χ3n) is 5.92. The highest BCUT2D eigenvalue weighted by atomic mass is 16.2. The fourth-order valence-electron chi connectivity index (χ4n) is 4.08. The molecule has 0 N–H and O–H groups in total. The van der Waals surface area contributed by atoms with Gasteiger partial charge in [0.15, 0.2) is 0 Å². The Kier molecular flexibility index (Phi) is 5.86. The lowest BCUT2D eigenvalue weighted by molar-refractivity contribution is 0.0658. The molecule has 6 nitrogen and oxygen atoms in total. The largest absolute Gasteiger partial charge is 0.341 e. The lowest BCUT2D eigenvalue weighted by Gasteiger charge is -2.33. The van der Waals surface area contributed by atoms with Crippen LogP contribution in [0.2, 0.25) is 0 Å². The average molecular weight is 380 g/mol. The van der Waals surface area contributed by atoms with Gasteiger partial charge in [-0.1, -0.05) is 30.3 Å². The van der Waals surface area contributed by atoms with Crippen molar-refractivity contribution in [3.8, 4) is 0 Å². The fraction of sp³-hybridized carbons (Fsp3) is 0.500. The Labute approximate surface area is 167 Å². The zero-order valence-electron chi connectivity index (χ0n) is 16.6. The summed E-state index contributed by atoms with van der Waals surface area (Å²) in [6, 6.07) is 12.5. The Hall–Kier alpha value is -2.47. The van der Waals surface area contributed by atoms with Crippen molar-refractivity contribution in [1.82, 2.24) is 19.8 Å². The number of amides is 1. The smallest absolute Gasteiger partial charge is 0.272 e. The molecule has 0 radical (unpaired) electrons. The van der Waals surface area contributed by atoms with Gasteiger partial charge in [-0.2, -0.15) is 0 Å². The summed E-state index contributed by atoms with van der Waals surface area (Å²) in [5.41, 5.74) is 1.93. The van der Waals surface area contributed by atoms with Crippen LogP contribution in [0, 0.1) is 5.92 Å². The third kappa shape index (κ3) is 4.50. The number of piperidine rings is 1. The van der Waals surface area contributed by atoms with Crippen molar-refractivity contribution in [2.24, 2.45) is 5.92 Å². The number of piperazine rings is 1. The lowest BCUT2D eigenvalue weighted by atomic mass is 9.90. The van der Waals surface area contributed by atoms with Crippen LogP contribution in [0.1, 0.15) is 28.9 Å². The molecule has 0 aliphatic carbocycles. The molecule has 0 bridgehead atoms. The molecule has 0 spiro atoms. The van der Waals surface area contributed by atoms with Crippen LogP contribution in [0.15, 0.2) is 42.6 Å². The van der Waals surface area contributed by atoms with E-state index < -0.39 is 0 Å². The fourth-order valence-corrected chi connectivity index (χ4v) is 4.08. The number of hydrogen-bond donors (Lipinski definition) is 0. The monoisotopic (exact) mass is 379 g/mol. The topological polar surface area (TPSA) is 52.6 Å². The third-order valence-corrected chi connectivity index (χ3v) is 5.92. The molecule has 2 aliphatic rings. The van der Waals surface area contributed by atoms with E-state index in [0.717, 1.165) is 58.5 Å². The Morgan fingerprint density at radius 2 is 1.71 bits per heavy atom. The van der Waals surface area contributed by atoms with E-state index in [1.807, 2.05) is 4.90 Å². The molecule has 1 amide bonds. The second-order valence-corrected chi connectivity index (χ2v) is 7.96. The van der Waals surface area contributed by atoms with Crippen LogP contribution in [-0.4, -0.2) is 72.0 Å². The van der Waals surface area contributed by atoms with Gasteiger partial charge in [0, 0.05) is 45.5 Å². The molecule has 1 aromatic heterocycles. The first-order valence-corrected chi connectivity index (χ1v) is 10.3. The Bertz CT molecular complexity index is 781. The zero-order chi connectivity index (χ0) is 19.3. The number of carbonyl (C=O) groups excluding carboxylic acids is 1. The second kappa shape index (κ2) is 8.69. The Morgan fingerprint density at radius 3 is 2.43 bits per heavy atom. The zero-order valence-corrected chi connectivity index (χ0v) is 16.6. The highest BCUT2D eigenvalue weighted by Crippen LogP contribution is 2.24. The van der Waals surface area contributed by atoms with E-state index in [2.05, 4.69) is 57.1 Å². The molecule has 0 atom stereocenters. The Balaban J connectivity index is 1.35. The van der Waals surface area contributed by atoms with Gasteiger partial charge in [-0.25, -0.2) is 9.97 Å². The first-order valence-electron chi connectivity index (χ1n) is 10.3. The van der Waals surface area contributed by atoms with Crippen molar-refractivity contribution >= 4 is 11.9 Å². The van der Waals surface area contributed by atoms with Crippen LogP contribution in [0.5, 0.6) is 0 Å². The van der Waals surface area contributed by atoms with Gasteiger partial charge < -0.3 is 14.7 Å².